The molecule has 0 aliphatic rings. The molecule has 1 amide bonds. The molecule has 1 aromatic rings. The molecule has 4 heteroatoms. The number of nitrogens with two attached hydrogens (primary N) is 1. The van der Waals surface area contributed by atoms with Crippen LogP contribution in [0.15, 0.2) is 18.2 Å². The van der Waals surface area contributed by atoms with Crippen LogP contribution in [0.1, 0.15) is 18.1 Å². The first kappa shape index (κ1) is 13.5. The molecule has 1 aromatic carbocycles. The number of aryl methyl sites for hydroxylation is 1. The average Bonchev–Trinajstić information content (AvgIpc) is 2.37. The molecule has 0 saturated heterocycles. The van der Waals surface area contributed by atoms with Gasteiger partial charge in [0.1, 0.15) is 5.75 Å². The minimum atomic E-state index is -0.502. The van der Waals surface area contributed by atoms with E-state index in [9.17, 15) is 4.79 Å². The van der Waals surface area contributed by atoms with Gasteiger partial charge in [0.05, 0.1) is 13.2 Å². The smallest absolute Gasteiger partial charge is 0.237 e. The number of hydrogen-bond acceptors (Lipinski definition) is 3. The summed E-state index contributed by atoms with van der Waals surface area (Å²) in [4.78, 5) is 11.3. The van der Waals surface area contributed by atoms with Crippen LogP contribution in [0.3, 0.4) is 0 Å². The zero-order valence-corrected chi connectivity index (χ0v) is 10.6. The number of nitrogens with one attached hydrogen (secondary N) is 1. The Labute approximate surface area is 102 Å². The van der Waals surface area contributed by atoms with E-state index in [-0.39, 0.29) is 5.91 Å². The maximum absolute atomic E-state index is 11.3. The highest BCUT2D eigenvalue weighted by Crippen LogP contribution is 2.20. The van der Waals surface area contributed by atoms with Crippen molar-refractivity contribution in [1.29, 1.82) is 0 Å². The molecule has 0 bridgehead atoms. The molecule has 0 aliphatic carbocycles. The van der Waals surface area contributed by atoms with E-state index in [4.69, 9.17) is 10.5 Å². The Morgan fingerprint density at radius 2 is 2.24 bits per heavy atom. The Bertz CT molecular complexity index is 391. The van der Waals surface area contributed by atoms with Crippen molar-refractivity contribution < 1.29 is 9.53 Å². The van der Waals surface area contributed by atoms with E-state index in [0.29, 0.717) is 6.42 Å². The summed E-state index contributed by atoms with van der Waals surface area (Å²) in [7, 11) is 3.25. The predicted octanol–water partition coefficient (Wildman–Crippen LogP) is 0.873. The fourth-order valence-corrected chi connectivity index (χ4v) is 1.77. The number of ether oxygens (including phenoxy) is 1. The fourth-order valence-electron chi connectivity index (χ4n) is 1.77. The minimum absolute atomic E-state index is 0.140. The molecule has 1 rings (SSSR count). The Balaban J connectivity index is 2.82. The fraction of sp³-hybridized carbons (Fsp3) is 0.462. The number of hydrogen-bond donors (Lipinski definition) is 2. The van der Waals surface area contributed by atoms with E-state index in [2.05, 4.69) is 12.2 Å². The molecular formula is C13H20N2O2. The van der Waals surface area contributed by atoms with Gasteiger partial charge < -0.3 is 15.8 Å². The molecular weight excluding hydrogens is 216 g/mol. The van der Waals surface area contributed by atoms with Crippen LogP contribution >= 0.6 is 0 Å². The molecule has 0 spiro atoms. The molecule has 0 aliphatic heterocycles. The second-order valence-corrected chi connectivity index (χ2v) is 3.92. The van der Waals surface area contributed by atoms with Crippen molar-refractivity contribution in [2.75, 3.05) is 14.2 Å². The average molecular weight is 236 g/mol. The first-order valence-corrected chi connectivity index (χ1v) is 5.75. The normalized spacial score (nSPS) is 12.0. The van der Waals surface area contributed by atoms with Gasteiger partial charge in [0.2, 0.25) is 5.91 Å². The van der Waals surface area contributed by atoms with Gasteiger partial charge in [0, 0.05) is 7.05 Å². The van der Waals surface area contributed by atoms with Crippen molar-refractivity contribution in [2.24, 2.45) is 5.73 Å². The standard InChI is InChI=1S/C13H20N2O2/c1-4-10-7-9(5-6-12(10)17-3)8-11(14)13(16)15-2/h5-7,11H,4,8,14H2,1-3H3,(H,15,16). The molecule has 94 valence electrons. The Kier molecular flexibility index (Phi) is 4.97. The van der Waals surface area contributed by atoms with Gasteiger partial charge in [-0.15, -0.1) is 0 Å². The Morgan fingerprint density at radius 1 is 1.53 bits per heavy atom. The summed E-state index contributed by atoms with van der Waals surface area (Å²) in [6.45, 7) is 2.07. The van der Waals surface area contributed by atoms with Gasteiger partial charge in [0.25, 0.3) is 0 Å². The minimum Gasteiger partial charge on any atom is -0.496 e. The van der Waals surface area contributed by atoms with E-state index in [0.717, 1.165) is 23.3 Å². The highest BCUT2D eigenvalue weighted by molar-refractivity contribution is 5.81. The first-order chi connectivity index (χ1) is 8.12. The number of rotatable bonds is 5. The SMILES string of the molecule is CCc1cc(CC(N)C(=O)NC)ccc1OC. The first-order valence-electron chi connectivity index (χ1n) is 5.75. The third-order valence-electron chi connectivity index (χ3n) is 2.76. The van der Waals surface area contributed by atoms with Gasteiger partial charge >= 0.3 is 0 Å². The van der Waals surface area contributed by atoms with Crippen molar-refractivity contribution in [3.63, 3.8) is 0 Å². The summed E-state index contributed by atoms with van der Waals surface area (Å²) < 4.78 is 5.25. The van der Waals surface area contributed by atoms with Crippen molar-refractivity contribution in [3.05, 3.63) is 29.3 Å². The highest BCUT2D eigenvalue weighted by atomic mass is 16.5. The van der Waals surface area contributed by atoms with Crippen LogP contribution in [0.2, 0.25) is 0 Å². The number of benzene rings is 1. The van der Waals surface area contributed by atoms with Crippen LogP contribution in [-0.2, 0) is 17.6 Å². The molecule has 3 N–H and O–H groups in total. The van der Waals surface area contributed by atoms with E-state index in [1.54, 1.807) is 14.2 Å². The number of carbonyl (C=O) groups excluding carboxylic acids is 1. The molecule has 1 unspecified atom stereocenters. The summed E-state index contributed by atoms with van der Waals surface area (Å²) in [5, 5.41) is 2.55. The van der Waals surface area contributed by atoms with Crippen molar-refractivity contribution in [1.82, 2.24) is 5.32 Å². The van der Waals surface area contributed by atoms with Crippen LogP contribution in [0.5, 0.6) is 5.75 Å². The van der Waals surface area contributed by atoms with Crippen LogP contribution in [0.4, 0.5) is 0 Å². The molecule has 0 aromatic heterocycles. The van der Waals surface area contributed by atoms with Gasteiger partial charge in [-0.2, -0.15) is 0 Å². The Hall–Kier alpha value is -1.55. The van der Waals surface area contributed by atoms with Gasteiger partial charge in [-0.3, -0.25) is 4.79 Å². The number of methoxy groups -OCH3 is 1. The van der Waals surface area contributed by atoms with Gasteiger partial charge in [-0.05, 0) is 30.0 Å². The maximum Gasteiger partial charge on any atom is 0.237 e. The van der Waals surface area contributed by atoms with Gasteiger partial charge in [-0.25, -0.2) is 0 Å². The van der Waals surface area contributed by atoms with Crippen LogP contribution in [-0.4, -0.2) is 26.1 Å². The lowest BCUT2D eigenvalue weighted by molar-refractivity contribution is -0.121. The van der Waals surface area contributed by atoms with Gasteiger partial charge in [-0.1, -0.05) is 19.1 Å². The topological polar surface area (TPSA) is 64.4 Å². The summed E-state index contributed by atoms with van der Waals surface area (Å²) >= 11 is 0. The lowest BCUT2D eigenvalue weighted by Crippen LogP contribution is -2.40. The van der Waals surface area contributed by atoms with Crippen molar-refractivity contribution in [2.45, 2.75) is 25.8 Å². The lowest BCUT2D eigenvalue weighted by atomic mass is 10.0. The largest absolute Gasteiger partial charge is 0.496 e. The van der Waals surface area contributed by atoms with Crippen LogP contribution in [0, 0.1) is 0 Å². The third kappa shape index (κ3) is 3.46. The van der Waals surface area contributed by atoms with Crippen LogP contribution < -0.4 is 15.8 Å². The summed E-state index contributed by atoms with van der Waals surface area (Å²) in [6.07, 6.45) is 1.43. The number of amides is 1. The predicted molar refractivity (Wildman–Crippen MR) is 68.1 cm³/mol. The molecule has 0 heterocycles. The summed E-state index contributed by atoms with van der Waals surface area (Å²) in [5.41, 5.74) is 7.97. The zero-order chi connectivity index (χ0) is 12.8. The molecule has 0 fully saturated rings. The lowest BCUT2D eigenvalue weighted by Gasteiger charge is -2.12. The molecule has 0 radical (unpaired) electrons. The van der Waals surface area contributed by atoms with E-state index in [1.807, 2.05) is 18.2 Å². The maximum atomic E-state index is 11.3. The molecule has 17 heavy (non-hydrogen) atoms. The molecule has 1 atom stereocenters. The summed E-state index contributed by atoms with van der Waals surface area (Å²) in [6, 6.07) is 5.41. The second-order valence-electron chi connectivity index (χ2n) is 3.92. The van der Waals surface area contributed by atoms with Gasteiger partial charge in [0.15, 0.2) is 0 Å². The second kappa shape index (κ2) is 6.25. The van der Waals surface area contributed by atoms with Crippen molar-refractivity contribution >= 4 is 5.91 Å². The van der Waals surface area contributed by atoms with E-state index >= 15 is 0 Å². The molecule has 4 nitrogen and oxygen atoms in total. The highest BCUT2D eigenvalue weighted by Gasteiger charge is 2.13. The number of carbonyl (C=O) groups is 1. The quantitative estimate of drug-likeness (QED) is 0.797. The monoisotopic (exact) mass is 236 g/mol. The van der Waals surface area contributed by atoms with Crippen molar-refractivity contribution in [3.8, 4) is 5.75 Å². The Morgan fingerprint density at radius 3 is 2.76 bits per heavy atom. The van der Waals surface area contributed by atoms with E-state index < -0.39 is 6.04 Å². The molecule has 0 saturated carbocycles. The van der Waals surface area contributed by atoms with Crippen LogP contribution in [0.25, 0.3) is 0 Å². The number of likely N-dealkylation sites (N-methyl/N-ethyl adjacent to an activating group) is 1. The summed E-state index contributed by atoms with van der Waals surface area (Å²) in [5.74, 6) is 0.739. The third-order valence-corrected chi connectivity index (χ3v) is 2.76. The zero-order valence-electron chi connectivity index (χ0n) is 10.6. The van der Waals surface area contributed by atoms with E-state index in [1.165, 1.54) is 0 Å².